The fraction of sp³-hybridized carbons (Fsp3) is 0.341. The van der Waals surface area contributed by atoms with Crippen LogP contribution in [0.3, 0.4) is 0 Å². The highest BCUT2D eigenvalue weighted by atomic mass is 16.8. The zero-order chi connectivity index (χ0) is 66.8. The van der Waals surface area contributed by atoms with Gasteiger partial charge in [0.25, 0.3) is 0 Å². The lowest BCUT2D eigenvalue weighted by Crippen LogP contribution is -2.68. The third kappa shape index (κ3) is 20.3. The molecule has 12 rings (SSSR count). The molecule has 3 fully saturated rings. The van der Waals surface area contributed by atoms with Gasteiger partial charge in [-0.2, -0.15) is 0 Å². The van der Waals surface area contributed by atoms with Gasteiger partial charge >= 0.3 is 0 Å². The number of ether oxygens (including phenoxy) is 15. The van der Waals surface area contributed by atoms with Crippen LogP contribution in [0.4, 0.5) is 0 Å². The molecule has 0 aliphatic carbocycles. The third-order valence-electron chi connectivity index (χ3n) is 17.5. The largest absolute Gasteiger partial charge is 0.385 e. The molecule has 1 N–H and O–H groups in total. The first kappa shape index (κ1) is 70.2. The predicted octanol–water partition coefficient (Wildman–Crippen LogP) is 13.1. The predicted molar refractivity (Wildman–Crippen MR) is 367 cm³/mol. The number of benzene rings is 9. The highest BCUT2D eigenvalue weighted by molar-refractivity contribution is 5.21. The second kappa shape index (κ2) is 37.5. The van der Waals surface area contributed by atoms with E-state index in [9.17, 15) is 5.11 Å². The topological polar surface area (TPSA) is 159 Å². The van der Waals surface area contributed by atoms with Crippen LogP contribution in [0.25, 0.3) is 0 Å². The van der Waals surface area contributed by atoms with Crippen molar-refractivity contribution < 1.29 is 76.2 Å². The van der Waals surface area contributed by atoms with E-state index in [-0.39, 0.29) is 72.7 Å². The minimum Gasteiger partial charge on any atom is -0.385 e. The molecule has 512 valence electrons. The summed E-state index contributed by atoms with van der Waals surface area (Å²) in [5.41, 5.74) is 8.33. The molecule has 0 bridgehead atoms. The van der Waals surface area contributed by atoms with Gasteiger partial charge in [0, 0.05) is 7.11 Å². The summed E-state index contributed by atoms with van der Waals surface area (Å²) in [5, 5.41) is 13.3. The molecular weight excluding hydrogens is 1240 g/mol. The molecule has 0 amide bonds. The highest BCUT2D eigenvalue weighted by Crippen LogP contribution is 2.39. The van der Waals surface area contributed by atoms with Gasteiger partial charge in [0.05, 0.1) is 79.3 Å². The Bertz CT molecular complexity index is 3610. The molecule has 3 aliphatic heterocycles. The van der Waals surface area contributed by atoms with Gasteiger partial charge in [0.1, 0.15) is 73.2 Å². The molecule has 0 spiro atoms. The second-order valence-corrected chi connectivity index (χ2v) is 24.6. The second-order valence-electron chi connectivity index (χ2n) is 24.6. The van der Waals surface area contributed by atoms with E-state index in [0.29, 0.717) is 6.61 Å². The lowest BCUT2D eigenvalue weighted by Gasteiger charge is -2.51. The SMILES string of the molecule is CO[C@H]1O[C@H](COCc2ccccc2)[C@@H](OCc2ccccc2)[C@H](OCc2ccccc2)[C@@H]1O[C@H]1O[C@H](COCc2ccccc2)[C@@H](OCc2ccccc2)[C@H](OCc2ccccc2)[C@@H]1O[C@H]1O[C@H](COCc2ccccc2)[C@@H](OCc2ccccc2)[C@H](OCc2ccccc2)[C@@H]1O. The van der Waals surface area contributed by atoms with Crippen molar-refractivity contribution in [1.82, 2.24) is 0 Å². The molecule has 9 aromatic rings. The van der Waals surface area contributed by atoms with Crippen LogP contribution in [0.1, 0.15) is 50.1 Å². The standard InChI is InChI=1S/C82H88O16/c1-84-81-78(76(92-54-66-43-25-9-26-44-66)73(89-51-63-37-19-6-20-38-63)69(95-81)57-86-48-60-31-13-3-14-32-60)98-82-79(77(93-55-67-45-27-10-28-46-67)74(90-52-64-39-21-7-22-40-64)70(96-82)58-87-49-61-33-15-4-16-34-61)97-80-71(83)75(91-53-65-41-23-8-24-42-65)72(88-50-62-35-17-5-18-36-62)68(94-80)56-85-47-59-29-11-2-12-30-59/h2-46,68-83H,47-58H2,1H3/t68-,69-,70-,71+,72-,73-,74-,75-,76+,77+,78+,79+,80-,81+,82-/m1/s1. The van der Waals surface area contributed by atoms with Crippen LogP contribution in [-0.4, -0.2) is 124 Å². The Morgan fingerprint density at radius 3 is 0.745 bits per heavy atom. The molecule has 16 nitrogen and oxygen atoms in total. The van der Waals surface area contributed by atoms with Crippen LogP contribution in [0.15, 0.2) is 273 Å². The summed E-state index contributed by atoms with van der Waals surface area (Å²) < 4.78 is 106. The maximum Gasteiger partial charge on any atom is 0.187 e. The van der Waals surface area contributed by atoms with E-state index in [2.05, 4.69) is 0 Å². The van der Waals surface area contributed by atoms with Gasteiger partial charge in [0.15, 0.2) is 18.9 Å². The molecule has 98 heavy (non-hydrogen) atoms. The smallest absolute Gasteiger partial charge is 0.187 e. The van der Waals surface area contributed by atoms with Crippen LogP contribution in [0.5, 0.6) is 0 Å². The maximum absolute atomic E-state index is 13.3. The summed E-state index contributed by atoms with van der Waals surface area (Å²) in [6.07, 6.45) is -16.3. The fourth-order valence-electron chi connectivity index (χ4n) is 12.4. The van der Waals surface area contributed by atoms with Crippen molar-refractivity contribution in [3.8, 4) is 0 Å². The van der Waals surface area contributed by atoms with E-state index in [1.54, 1.807) is 7.11 Å². The molecule has 3 heterocycles. The average Bonchev–Trinajstić information content (AvgIpc) is 0.783. The molecule has 0 saturated carbocycles. The van der Waals surface area contributed by atoms with Crippen molar-refractivity contribution in [3.05, 3.63) is 323 Å². The van der Waals surface area contributed by atoms with Crippen LogP contribution >= 0.6 is 0 Å². The van der Waals surface area contributed by atoms with Crippen molar-refractivity contribution in [2.24, 2.45) is 0 Å². The Labute approximate surface area is 575 Å². The van der Waals surface area contributed by atoms with Crippen molar-refractivity contribution in [1.29, 1.82) is 0 Å². The molecular formula is C82H88O16. The summed E-state index contributed by atoms with van der Waals surface area (Å²) in [6.45, 7) is 1.85. The molecule has 3 saturated heterocycles. The fourth-order valence-corrected chi connectivity index (χ4v) is 12.4. The van der Waals surface area contributed by atoms with Gasteiger partial charge in [0.2, 0.25) is 0 Å². The highest BCUT2D eigenvalue weighted by Gasteiger charge is 2.57. The number of hydrogen-bond donors (Lipinski definition) is 1. The van der Waals surface area contributed by atoms with Gasteiger partial charge in [-0.05, 0) is 50.1 Å². The first-order valence-corrected chi connectivity index (χ1v) is 33.7. The molecule has 16 heteroatoms. The Kier molecular flexibility index (Phi) is 26.9. The molecule has 0 unspecified atom stereocenters. The van der Waals surface area contributed by atoms with Gasteiger partial charge < -0.3 is 76.2 Å². The van der Waals surface area contributed by atoms with Crippen molar-refractivity contribution in [2.75, 3.05) is 26.9 Å². The monoisotopic (exact) mass is 1330 g/mol. The number of rotatable bonds is 35. The average molecular weight is 1330 g/mol. The molecule has 15 atom stereocenters. The minimum absolute atomic E-state index is 0.0117. The molecule has 0 aromatic heterocycles. The van der Waals surface area contributed by atoms with E-state index in [1.807, 2.05) is 273 Å². The number of hydrogen-bond acceptors (Lipinski definition) is 16. The Balaban J connectivity index is 0.959. The van der Waals surface area contributed by atoms with E-state index in [4.69, 9.17) is 71.1 Å². The van der Waals surface area contributed by atoms with Crippen molar-refractivity contribution >= 4 is 0 Å². The minimum atomic E-state index is -1.52. The third-order valence-corrected chi connectivity index (χ3v) is 17.5. The lowest BCUT2D eigenvalue weighted by atomic mass is 9.95. The number of aliphatic hydroxyl groups excluding tert-OH is 1. The van der Waals surface area contributed by atoms with Crippen molar-refractivity contribution in [2.45, 2.75) is 152 Å². The van der Waals surface area contributed by atoms with Crippen LogP contribution in [0.2, 0.25) is 0 Å². The summed E-state index contributed by atoms with van der Waals surface area (Å²) in [6, 6.07) is 89.1. The van der Waals surface area contributed by atoms with Crippen molar-refractivity contribution in [3.63, 3.8) is 0 Å². The molecule has 3 aliphatic rings. The molecule has 0 radical (unpaired) electrons. The Hall–Kier alpha value is -7.66. The molecule has 9 aromatic carbocycles. The summed E-state index contributed by atoms with van der Waals surface area (Å²) in [5.74, 6) is 0. The zero-order valence-electron chi connectivity index (χ0n) is 55.2. The zero-order valence-corrected chi connectivity index (χ0v) is 55.2. The summed E-state index contributed by atoms with van der Waals surface area (Å²) in [7, 11) is 1.57. The van der Waals surface area contributed by atoms with Crippen LogP contribution in [0, 0.1) is 0 Å². The van der Waals surface area contributed by atoms with Crippen LogP contribution < -0.4 is 0 Å². The normalized spacial score (nSPS) is 25.6. The van der Waals surface area contributed by atoms with Crippen LogP contribution in [-0.2, 0) is 131 Å². The lowest BCUT2D eigenvalue weighted by molar-refractivity contribution is -0.403. The first-order valence-electron chi connectivity index (χ1n) is 33.7. The van der Waals surface area contributed by atoms with E-state index in [0.717, 1.165) is 50.1 Å². The maximum atomic E-state index is 13.3. The van der Waals surface area contributed by atoms with E-state index >= 15 is 0 Å². The summed E-state index contributed by atoms with van der Waals surface area (Å²) >= 11 is 0. The summed E-state index contributed by atoms with van der Waals surface area (Å²) in [4.78, 5) is 0. The van der Waals surface area contributed by atoms with Gasteiger partial charge in [-0.15, -0.1) is 0 Å². The quantitative estimate of drug-likeness (QED) is 0.0399. The van der Waals surface area contributed by atoms with E-state index < -0.39 is 92.1 Å². The number of aliphatic hydroxyl groups is 1. The van der Waals surface area contributed by atoms with Gasteiger partial charge in [-0.3, -0.25) is 0 Å². The first-order chi connectivity index (χ1) is 48.5. The van der Waals surface area contributed by atoms with E-state index in [1.165, 1.54) is 0 Å². The van der Waals surface area contributed by atoms with Gasteiger partial charge in [-0.25, -0.2) is 0 Å². The Morgan fingerprint density at radius 1 is 0.245 bits per heavy atom. The number of methoxy groups -OCH3 is 1. The van der Waals surface area contributed by atoms with Gasteiger partial charge in [-0.1, -0.05) is 273 Å². The Morgan fingerprint density at radius 2 is 0.459 bits per heavy atom.